The number of hydrogen-bond donors (Lipinski definition) is 0. The van der Waals surface area contributed by atoms with Crippen molar-refractivity contribution in [3.8, 4) is 0 Å². The highest BCUT2D eigenvalue weighted by Crippen LogP contribution is 2.29. The van der Waals surface area contributed by atoms with Gasteiger partial charge in [-0.2, -0.15) is 11.8 Å². The smallest absolute Gasteiger partial charge is 0.216 e. The third kappa shape index (κ3) is 1.32. The lowest BCUT2D eigenvalue weighted by Gasteiger charge is -2.07. The maximum Gasteiger partial charge on any atom is 0.216 e. The maximum atomic E-state index is 5.80. The van der Waals surface area contributed by atoms with Crippen LogP contribution in [0.2, 0.25) is 0 Å². The molecule has 1 fully saturated rings. The van der Waals surface area contributed by atoms with Gasteiger partial charge < -0.3 is 4.74 Å². The molecule has 0 aromatic heterocycles. The number of fused-ring (bicyclic) bond motifs is 1. The Labute approximate surface area is 87.4 Å². The fourth-order valence-corrected chi connectivity index (χ4v) is 2.99. The number of thioether (sulfide) groups is 1. The summed E-state index contributed by atoms with van der Waals surface area (Å²) in [5, 5.41) is 0. The first-order valence-electron chi connectivity index (χ1n) is 4.81. The quantitative estimate of drug-likeness (QED) is 0.699. The number of rotatable bonds is 1. The number of benzene rings is 1. The molecule has 3 heteroatoms. The van der Waals surface area contributed by atoms with Crippen molar-refractivity contribution in [2.45, 2.75) is 12.1 Å². The van der Waals surface area contributed by atoms with Gasteiger partial charge in [0.2, 0.25) is 5.90 Å². The highest BCUT2D eigenvalue weighted by molar-refractivity contribution is 7.99. The van der Waals surface area contributed by atoms with Crippen molar-refractivity contribution in [1.29, 1.82) is 0 Å². The lowest BCUT2D eigenvalue weighted by molar-refractivity contribution is 0.232. The topological polar surface area (TPSA) is 21.6 Å². The van der Waals surface area contributed by atoms with Crippen molar-refractivity contribution in [2.24, 2.45) is 4.99 Å². The van der Waals surface area contributed by atoms with E-state index < -0.39 is 0 Å². The summed E-state index contributed by atoms with van der Waals surface area (Å²) in [4.78, 5) is 4.59. The molecule has 1 aromatic carbocycles. The minimum Gasteiger partial charge on any atom is -0.471 e. The third-order valence-electron chi connectivity index (χ3n) is 2.57. The molecule has 1 saturated heterocycles. The van der Waals surface area contributed by atoms with Crippen molar-refractivity contribution < 1.29 is 4.74 Å². The van der Waals surface area contributed by atoms with Crippen LogP contribution in [-0.2, 0) is 4.74 Å². The molecule has 0 spiro atoms. The largest absolute Gasteiger partial charge is 0.471 e. The Kier molecular flexibility index (Phi) is 1.98. The van der Waals surface area contributed by atoms with E-state index in [1.54, 1.807) is 0 Å². The lowest BCUT2D eigenvalue weighted by atomic mass is 10.2. The molecule has 0 aliphatic carbocycles. The van der Waals surface area contributed by atoms with Crippen LogP contribution in [0.1, 0.15) is 5.56 Å². The molecule has 2 aliphatic heterocycles. The van der Waals surface area contributed by atoms with Crippen LogP contribution in [0.15, 0.2) is 35.3 Å². The van der Waals surface area contributed by atoms with E-state index in [0.29, 0.717) is 12.1 Å². The SMILES string of the molecule is c1ccc(C2=N[C@@H]3CSC[C@H]3O2)cc1. The summed E-state index contributed by atoms with van der Waals surface area (Å²) < 4.78 is 5.80. The molecular weight excluding hydrogens is 194 g/mol. The number of hydrogen-bond acceptors (Lipinski definition) is 3. The molecule has 2 nitrogen and oxygen atoms in total. The van der Waals surface area contributed by atoms with Gasteiger partial charge in [0.15, 0.2) is 0 Å². The van der Waals surface area contributed by atoms with Crippen LogP contribution in [0.3, 0.4) is 0 Å². The average Bonchev–Trinajstić information content (AvgIpc) is 2.78. The first kappa shape index (κ1) is 8.36. The fraction of sp³-hybridized carbons (Fsp3) is 0.364. The number of ether oxygens (including phenoxy) is 1. The Morgan fingerprint density at radius 3 is 2.86 bits per heavy atom. The molecule has 2 heterocycles. The van der Waals surface area contributed by atoms with E-state index in [4.69, 9.17) is 4.74 Å². The maximum absolute atomic E-state index is 5.80. The standard InChI is InChI=1S/C11H11NOS/c1-2-4-8(5-3-1)11-12-9-6-14-7-10(9)13-11/h1-5,9-10H,6-7H2/t9-,10-/m1/s1. The van der Waals surface area contributed by atoms with Gasteiger partial charge in [-0.3, -0.25) is 0 Å². The monoisotopic (exact) mass is 205 g/mol. The summed E-state index contributed by atoms with van der Waals surface area (Å²) in [6.07, 6.45) is 0.329. The molecule has 72 valence electrons. The lowest BCUT2D eigenvalue weighted by Crippen LogP contribution is -2.19. The molecule has 0 unspecified atom stereocenters. The molecule has 2 atom stereocenters. The fourth-order valence-electron chi connectivity index (χ4n) is 1.80. The summed E-state index contributed by atoms with van der Waals surface area (Å²) in [6, 6.07) is 10.5. The van der Waals surface area contributed by atoms with Gasteiger partial charge in [0, 0.05) is 17.1 Å². The van der Waals surface area contributed by atoms with Gasteiger partial charge in [-0.25, -0.2) is 4.99 Å². The van der Waals surface area contributed by atoms with Gasteiger partial charge in [0.05, 0.1) is 0 Å². The van der Waals surface area contributed by atoms with Crippen LogP contribution >= 0.6 is 11.8 Å². The predicted molar refractivity (Wildman–Crippen MR) is 59.0 cm³/mol. The molecule has 0 radical (unpaired) electrons. The van der Waals surface area contributed by atoms with Gasteiger partial charge >= 0.3 is 0 Å². The van der Waals surface area contributed by atoms with E-state index in [9.17, 15) is 0 Å². The van der Waals surface area contributed by atoms with Crippen molar-refractivity contribution in [3.63, 3.8) is 0 Å². The molecule has 2 aliphatic rings. The predicted octanol–water partition coefficient (Wildman–Crippen LogP) is 1.95. The number of nitrogens with zero attached hydrogens (tertiary/aromatic N) is 1. The highest BCUT2D eigenvalue weighted by atomic mass is 32.2. The molecule has 0 saturated carbocycles. The van der Waals surface area contributed by atoms with Crippen molar-refractivity contribution in [1.82, 2.24) is 0 Å². The van der Waals surface area contributed by atoms with E-state index >= 15 is 0 Å². The molecular formula is C11H11NOS. The second kappa shape index (κ2) is 3.31. The first-order valence-corrected chi connectivity index (χ1v) is 5.96. The molecule has 0 N–H and O–H groups in total. The van der Waals surface area contributed by atoms with E-state index in [2.05, 4.69) is 4.99 Å². The summed E-state index contributed by atoms with van der Waals surface area (Å²) in [5.41, 5.74) is 1.10. The van der Waals surface area contributed by atoms with Crippen LogP contribution < -0.4 is 0 Å². The molecule has 0 bridgehead atoms. The van der Waals surface area contributed by atoms with Crippen LogP contribution in [-0.4, -0.2) is 29.5 Å². The van der Waals surface area contributed by atoms with Crippen LogP contribution in [0.4, 0.5) is 0 Å². The van der Waals surface area contributed by atoms with Crippen molar-refractivity contribution in [3.05, 3.63) is 35.9 Å². The minimum atomic E-state index is 0.329. The van der Waals surface area contributed by atoms with Crippen LogP contribution in [0, 0.1) is 0 Å². The highest BCUT2D eigenvalue weighted by Gasteiger charge is 2.35. The minimum absolute atomic E-state index is 0.329. The zero-order chi connectivity index (χ0) is 9.38. The van der Waals surface area contributed by atoms with E-state index in [1.807, 2.05) is 42.1 Å². The summed E-state index contributed by atoms with van der Waals surface area (Å²) in [5.74, 6) is 3.03. The Morgan fingerprint density at radius 2 is 2.07 bits per heavy atom. The summed E-state index contributed by atoms with van der Waals surface area (Å²) >= 11 is 1.93. The summed E-state index contributed by atoms with van der Waals surface area (Å²) in [6.45, 7) is 0. The molecule has 3 rings (SSSR count). The van der Waals surface area contributed by atoms with Crippen molar-refractivity contribution >= 4 is 17.7 Å². The van der Waals surface area contributed by atoms with E-state index in [-0.39, 0.29) is 0 Å². The molecule has 14 heavy (non-hydrogen) atoms. The van der Waals surface area contributed by atoms with E-state index in [1.165, 1.54) is 0 Å². The second-order valence-corrected chi connectivity index (χ2v) is 4.64. The molecule has 0 amide bonds. The Hall–Kier alpha value is -0.960. The average molecular weight is 205 g/mol. The Morgan fingerprint density at radius 1 is 1.21 bits per heavy atom. The van der Waals surface area contributed by atoms with Gasteiger partial charge in [-0.1, -0.05) is 18.2 Å². The second-order valence-electron chi connectivity index (χ2n) is 3.56. The van der Waals surface area contributed by atoms with Gasteiger partial charge in [0.25, 0.3) is 0 Å². The first-order chi connectivity index (χ1) is 6.93. The van der Waals surface area contributed by atoms with Gasteiger partial charge in [-0.15, -0.1) is 0 Å². The number of aliphatic imine (C=N–C) groups is 1. The molecule has 1 aromatic rings. The Bertz CT molecular complexity index is 363. The zero-order valence-electron chi connectivity index (χ0n) is 7.72. The van der Waals surface area contributed by atoms with Gasteiger partial charge in [0.1, 0.15) is 12.1 Å². The van der Waals surface area contributed by atoms with Crippen LogP contribution in [0.25, 0.3) is 0 Å². The van der Waals surface area contributed by atoms with Crippen LogP contribution in [0.5, 0.6) is 0 Å². The Balaban J connectivity index is 1.88. The third-order valence-corrected chi connectivity index (χ3v) is 3.71. The summed E-state index contributed by atoms with van der Waals surface area (Å²) in [7, 11) is 0. The zero-order valence-corrected chi connectivity index (χ0v) is 8.54. The van der Waals surface area contributed by atoms with Gasteiger partial charge in [-0.05, 0) is 12.1 Å². The normalized spacial score (nSPS) is 29.6. The van der Waals surface area contributed by atoms with E-state index in [0.717, 1.165) is 23.0 Å². The van der Waals surface area contributed by atoms with Crippen molar-refractivity contribution in [2.75, 3.05) is 11.5 Å².